The van der Waals surface area contributed by atoms with E-state index in [2.05, 4.69) is 32.0 Å². The lowest BCUT2D eigenvalue weighted by Gasteiger charge is -2.28. The summed E-state index contributed by atoms with van der Waals surface area (Å²) in [6, 6.07) is 6.67. The molecule has 2 fully saturated rings. The standard InChI is InChI=1S/C22H32N2O3/c1-15-8-9-17(13-16(15)2)19-7-6-11-24(19)20(25)18-10-12-23(14-18)21(26)27-22(3,4)5/h8-9,13,18-19H,6-7,10-12,14H2,1-5H3. The molecule has 2 saturated heterocycles. The van der Waals surface area contributed by atoms with Gasteiger partial charge in [-0.05, 0) is 70.6 Å². The quantitative estimate of drug-likeness (QED) is 0.781. The van der Waals surface area contributed by atoms with Gasteiger partial charge in [-0.2, -0.15) is 0 Å². The van der Waals surface area contributed by atoms with Crippen molar-refractivity contribution in [3.8, 4) is 0 Å². The Balaban J connectivity index is 1.66. The molecule has 148 valence electrons. The fourth-order valence-corrected chi connectivity index (χ4v) is 4.04. The molecule has 0 aromatic heterocycles. The number of ether oxygens (including phenoxy) is 1. The van der Waals surface area contributed by atoms with Crippen LogP contribution < -0.4 is 0 Å². The van der Waals surface area contributed by atoms with Gasteiger partial charge in [0.2, 0.25) is 5.91 Å². The topological polar surface area (TPSA) is 49.9 Å². The minimum atomic E-state index is -0.511. The molecule has 0 radical (unpaired) electrons. The summed E-state index contributed by atoms with van der Waals surface area (Å²) in [4.78, 5) is 29.2. The van der Waals surface area contributed by atoms with Crippen molar-refractivity contribution < 1.29 is 14.3 Å². The third kappa shape index (κ3) is 4.45. The van der Waals surface area contributed by atoms with Gasteiger partial charge >= 0.3 is 6.09 Å². The van der Waals surface area contributed by atoms with Crippen molar-refractivity contribution in [1.29, 1.82) is 0 Å². The van der Waals surface area contributed by atoms with Crippen LogP contribution in [-0.2, 0) is 9.53 Å². The predicted molar refractivity (Wildman–Crippen MR) is 106 cm³/mol. The maximum atomic E-state index is 13.2. The van der Waals surface area contributed by atoms with E-state index in [0.717, 1.165) is 19.4 Å². The first-order valence-electron chi connectivity index (χ1n) is 10.0. The number of benzene rings is 1. The van der Waals surface area contributed by atoms with Crippen LogP contribution in [0.3, 0.4) is 0 Å². The van der Waals surface area contributed by atoms with Crippen LogP contribution in [-0.4, -0.2) is 47.0 Å². The zero-order chi connectivity index (χ0) is 19.8. The summed E-state index contributed by atoms with van der Waals surface area (Å²) in [6.07, 6.45) is 2.45. The number of likely N-dealkylation sites (tertiary alicyclic amines) is 2. The predicted octanol–water partition coefficient (Wildman–Crippen LogP) is 4.22. The molecule has 0 N–H and O–H groups in total. The second kappa shape index (κ2) is 7.53. The lowest BCUT2D eigenvalue weighted by atomic mass is 9.98. The van der Waals surface area contributed by atoms with Crippen molar-refractivity contribution in [1.82, 2.24) is 9.80 Å². The monoisotopic (exact) mass is 372 g/mol. The first-order valence-corrected chi connectivity index (χ1v) is 10.0. The molecule has 2 atom stereocenters. The lowest BCUT2D eigenvalue weighted by Crippen LogP contribution is -2.39. The molecule has 2 amide bonds. The minimum Gasteiger partial charge on any atom is -0.444 e. The van der Waals surface area contributed by atoms with Gasteiger partial charge in [-0.3, -0.25) is 4.79 Å². The second-order valence-electron chi connectivity index (χ2n) is 8.95. The van der Waals surface area contributed by atoms with Crippen LogP contribution in [0.1, 0.15) is 62.8 Å². The summed E-state index contributed by atoms with van der Waals surface area (Å²) in [5.41, 5.74) is 3.26. The van der Waals surface area contributed by atoms with Gasteiger partial charge in [0.05, 0.1) is 12.0 Å². The summed E-state index contributed by atoms with van der Waals surface area (Å²) in [5, 5.41) is 0. The summed E-state index contributed by atoms with van der Waals surface area (Å²) in [7, 11) is 0. The number of nitrogens with zero attached hydrogens (tertiary/aromatic N) is 2. The maximum absolute atomic E-state index is 13.2. The normalized spacial score (nSPS) is 23.0. The van der Waals surface area contributed by atoms with Gasteiger partial charge in [0.1, 0.15) is 5.60 Å². The SMILES string of the molecule is Cc1ccc(C2CCCN2C(=O)C2CCN(C(=O)OC(C)(C)C)C2)cc1C. The zero-order valence-corrected chi connectivity index (χ0v) is 17.2. The Morgan fingerprint density at radius 1 is 1.07 bits per heavy atom. The van der Waals surface area contributed by atoms with Crippen molar-refractivity contribution in [2.75, 3.05) is 19.6 Å². The highest BCUT2D eigenvalue weighted by Crippen LogP contribution is 2.35. The van der Waals surface area contributed by atoms with Crippen LogP contribution in [0.5, 0.6) is 0 Å². The van der Waals surface area contributed by atoms with Gasteiger partial charge in [0.25, 0.3) is 0 Å². The first kappa shape index (κ1) is 19.7. The number of carbonyl (C=O) groups is 2. The molecule has 2 heterocycles. The molecule has 5 nitrogen and oxygen atoms in total. The zero-order valence-electron chi connectivity index (χ0n) is 17.2. The maximum Gasteiger partial charge on any atom is 0.410 e. The molecule has 5 heteroatoms. The largest absolute Gasteiger partial charge is 0.444 e. The molecular formula is C22H32N2O3. The van der Waals surface area contributed by atoms with E-state index in [1.54, 1.807) is 4.90 Å². The minimum absolute atomic E-state index is 0.121. The third-order valence-electron chi connectivity index (χ3n) is 5.64. The molecule has 1 aromatic rings. The molecule has 0 saturated carbocycles. The van der Waals surface area contributed by atoms with E-state index in [0.29, 0.717) is 19.5 Å². The highest BCUT2D eigenvalue weighted by atomic mass is 16.6. The lowest BCUT2D eigenvalue weighted by molar-refractivity contribution is -0.136. The van der Waals surface area contributed by atoms with Gasteiger partial charge < -0.3 is 14.5 Å². The number of hydrogen-bond donors (Lipinski definition) is 0. The first-order chi connectivity index (χ1) is 12.7. The number of carbonyl (C=O) groups excluding carboxylic acids is 2. The van der Waals surface area contributed by atoms with E-state index >= 15 is 0 Å². The Labute approximate surface area is 162 Å². The third-order valence-corrected chi connectivity index (χ3v) is 5.64. The average molecular weight is 373 g/mol. The van der Waals surface area contributed by atoms with Crippen LogP contribution in [0.2, 0.25) is 0 Å². The molecule has 2 unspecified atom stereocenters. The highest BCUT2D eigenvalue weighted by Gasteiger charge is 2.39. The van der Waals surface area contributed by atoms with Crippen molar-refractivity contribution in [2.45, 2.75) is 65.5 Å². The highest BCUT2D eigenvalue weighted by molar-refractivity contribution is 5.81. The molecule has 2 aliphatic heterocycles. The van der Waals surface area contributed by atoms with E-state index < -0.39 is 5.60 Å². The smallest absolute Gasteiger partial charge is 0.410 e. The van der Waals surface area contributed by atoms with Gasteiger partial charge in [-0.1, -0.05) is 18.2 Å². The van der Waals surface area contributed by atoms with E-state index in [1.165, 1.54) is 16.7 Å². The summed E-state index contributed by atoms with van der Waals surface area (Å²) >= 11 is 0. The van der Waals surface area contributed by atoms with Gasteiger partial charge in [-0.25, -0.2) is 4.79 Å². The molecule has 1 aromatic carbocycles. The Bertz CT molecular complexity index is 723. The molecule has 0 bridgehead atoms. The average Bonchev–Trinajstić information content (AvgIpc) is 3.24. The van der Waals surface area contributed by atoms with E-state index in [-0.39, 0.29) is 24.0 Å². The molecule has 0 spiro atoms. The van der Waals surface area contributed by atoms with Crippen molar-refractivity contribution in [3.63, 3.8) is 0 Å². The van der Waals surface area contributed by atoms with E-state index in [1.807, 2.05) is 25.7 Å². The van der Waals surface area contributed by atoms with Crippen molar-refractivity contribution in [3.05, 3.63) is 34.9 Å². The molecule has 2 aliphatic rings. The van der Waals surface area contributed by atoms with Crippen LogP contribution in [0, 0.1) is 19.8 Å². The van der Waals surface area contributed by atoms with Crippen LogP contribution >= 0.6 is 0 Å². The Morgan fingerprint density at radius 3 is 2.48 bits per heavy atom. The summed E-state index contributed by atoms with van der Waals surface area (Å²) in [5.74, 6) is 0.0615. The molecule has 3 rings (SSSR count). The van der Waals surface area contributed by atoms with Gasteiger partial charge in [0.15, 0.2) is 0 Å². The van der Waals surface area contributed by atoms with Crippen LogP contribution in [0.15, 0.2) is 18.2 Å². The molecule has 27 heavy (non-hydrogen) atoms. The Morgan fingerprint density at radius 2 is 1.81 bits per heavy atom. The Hall–Kier alpha value is -2.04. The van der Waals surface area contributed by atoms with Crippen LogP contribution in [0.25, 0.3) is 0 Å². The summed E-state index contributed by atoms with van der Waals surface area (Å²) in [6.45, 7) is 11.7. The van der Waals surface area contributed by atoms with Crippen LogP contribution in [0.4, 0.5) is 4.79 Å². The second-order valence-corrected chi connectivity index (χ2v) is 8.95. The van der Waals surface area contributed by atoms with E-state index in [9.17, 15) is 9.59 Å². The van der Waals surface area contributed by atoms with Crippen molar-refractivity contribution in [2.24, 2.45) is 5.92 Å². The number of aryl methyl sites for hydroxylation is 2. The summed E-state index contributed by atoms with van der Waals surface area (Å²) < 4.78 is 5.45. The molecular weight excluding hydrogens is 340 g/mol. The Kier molecular flexibility index (Phi) is 5.50. The number of amides is 2. The fraction of sp³-hybridized carbons (Fsp3) is 0.636. The van der Waals surface area contributed by atoms with E-state index in [4.69, 9.17) is 4.74 Å². The van der Waals surface area contributed by atoms with Crippen molar-refractivity contribution >= 4 is 12.0 Å². The fourth-order valence-electron chi connectivity index (χ4n) is 4.04. The van der Waals surface area contributed by atoms with Gasteiger partial charge in [-0.15, -0.1) is 0 Å². The van der Waals surface area contributed by atoms with Gasteiger partial charge in [0, 0.05) is 19.6 Å². The number of hydrogen-bond acceptors (Lipinski definition) is 3. The molecule has 0 aliphatic carbocycles. The number of rotatable bonds is 2.